The number of thioether (sulfide) groups is 1. The fourth-order valence-electron chi connectivity index (χ4n) is 2.32. The second-order valence-electron chi connectivity index (χ2n) is 5.10. The van der Waals surface area contributed by atoms with Crippen molar-refractivity contribution in [1.29, 1.82) is 5.26 Å². The van der Waals surface area contributed by atoms with Crippen LogP contribution in [0, 0.1) is 11.3 Å². The van der Waals surface area contributed by atoms with Gasteiger partial charge in [-0.1, -0.05) is 23.9 Å². The molecule has 3 heterocycles. The van der Waals surface area contributed by atoms with Gasteiger partial charge in [0.25, 0.3) is 11.1 Å². The highest BCUT2D eigenvalue weighted by Crippen LogP contribution is 2.30. The number of amides is 1. The summed E-state index contributed by atoms with van der Waals surface area (Å²) < 4.78 is 16.0. The number of furan rings is 2. The summed E-state index contributed by atoms with van der Waals surface area (Å²) in [6.45, 7) is 0. The lowest BCUT2D eigenvalue weighted by Gasteiger charge is -2.02. The minimum Gasteiger partial charge on any atom is -0.459 e. The van der Waals surface area contributed by atoms with E-state index in [1.165, 1.54) is 6.26 Å². The zero-order valence-electron chi connectivity index (χ0n) is 13.1. The molecule has 26 heavy (non-hydrogen) atoms. The average Bonchev–Trinajstić information content (AvgIpc) is 3.39. The van der Waals surface area contributed by atoms with Gasteiger partial charge < -0.3 is 18.6 Å². The largest absolute Gasteiger partial charge is 0.459 e. The molecule has 0 aliphatic rings. The number of carbonyl (C=O) groups excluding carboxylic acids is 1. The molecule has 1 N–H and O–H groups in total. The van der Waals surface area contributed by atoms with Crippen LogP contribution in [-0.2, 0) is 4.79 Å². The molecule has 0 aliphatic heterocycles. The molecule has 1 aromatic carbocycles. The number of hydrogen-bond acceptors (Lipinski definition) is 8. The van der Waals surface area contributed by atoms with Gasteiger partial charge in [-0.2, -0.15) is 5.26 Å². The number of rotatable bonds is 5. The number of carbonyl (C=O) groups is 1. The maximum absolute atomic E-state index is 12.2. The standard InChI is InChI=1S/C17H10N4O4S/c18-8-13-15(10-4-1-2-5-11(10)24-13)19-14(22)9-26-17-21-20-16(25-17)12-6-3-7-23-12/h1-7H,9H2,(H,19,22). The molecule has 128 valence electrons. The van der Waals surface area contributed by atoms with E-state index in [0.717, 1.165) is 11.8 Å². The van der Waals surface area contributed by atoms with Crippen LogP contribution in [0.3, 0.4) is 0 Å². The summed E-state index contributed by atoms with van der Waals surface area (Å²) in [5, 5.41) is 20.5. The normalized spacial score (nSPS) is 10.7. The number of anilines is 1. The third kappa shape index (κ3) is 3.05. The summed E-state index contributed by atoms with van der Waals surface area (Å²) in [6.07, 6.45) is 1.50. The van der Waals surface area contributed by atoms with Gasteiger partial charge in [0, 0.05) is 5.39 Å². The Kier molecular flexibility index (Phi) is 4.17. The maximum Gasteiger partial charge on any atom is 0.284 e. The van der Waals surface area contributed by atoms with E-state index in [1.54, 1.807) is 36.4 Å². The van der Waals surface area contributed by atoms with Crippen molar-refractivity contribution in [3.63, 3.8) is 0 Å². The van der Waals surface area contributed by atoms with Gasteiger partial charge in [-0.15, -0.1) is 10.2 Å². The number of benzene rings is 1. The van der Waals surface area contributed by atoms with Gasteiger partial charge in [-0.3, -0.25) is 4.79 Å². The van der Waals surface area contributed by atoms with Crippen molar-refractivity contribution >= 4 is 34.3 Å². The molecule has 0 saturated heterocycles. The lowest BCUT2D eigenvalue weighted by molar-refractivity contribution is -0.113. The number of hydrogen-bond donors (Lipinski definition) is 1. The van der Waals surface area contributed by atoms with Gasteiger partial charge in [-0.05, 0) is 24.3 Å². The van der Waals surface area contributed by atoms with Crippen LogP contribution in [0.5, 0.6) is 0 Å². The number of nitriles is 1. The van der Waals surface area contributed by atoms with Crippen molar-refractivity contribution in [3.8, 4) is 17.7 Å². The van der Waals surface area contributed by atoms with Gasteiger partial charge in [0.2, 0.25) is 11.7 Å². The molecule has 0 bridgehead atoms. The second-order valence-corrected chi connectivity index (χ2v) is 6.03. The number of nitrogens with zero attached hydrogens (tertiary/aromatic N) is 3. The van der Waals surface area contributed by atoms with Crippen molar-refractivity contribution in [1.82, 2.24) is 10.2 Å². The lowest BCUT2D eigenvalue weighted by atomic mass is 10.2. The van der Waals surface area contributed by atoms with Crippen LogP contribution in [0.2, 0.25) is 0 Å². The molecular formula is C17H10N4O4S. The number of fused-ring (bicyclic) bond motifs is 1. The van der Waals surface area contributed by atoms with E-state index < -0.39 is 0 Å². The fourth-order valence-corrected chi connectivity index (χ4v) is 2.88. The van der Waals surface area contributed by atoms with Crippen LogP contribution in [0.1, 0.15) is 5.76 Å². The van der Waals surface area contributed by atoms with E-state index in [9.17, 15) is 10.1 Å². The predicted molar refractivity (Wildman–Crippen MR) is 92.3 cm³/mol. The first kappa shape index (κ1) is 16.0. The Hall–Kier alpha value is -3.51. The van der Waals surface area contributed by atoms with Crippen LogP contribution in [0.25, 0.3) is 22.6 Å². The highest BCUT2D eigenvalue weighted by atomic mass is 32.2. The van der Waals surface area contributed by atoms with E-state index in [1.807, 2.05) is 6.07 Å². The van der Waals surface area contributed by atoms with Gasteiger partial charge in [0.15, 0.2) is 5.76 Å². The Bertz CT molecular complexity index is 1110. The lowest BCUT2D eigenvalue weighted by Crippen LogP contribution is -2.14. The van der Waals surface area contributed by atoms with Gasteiger partial charge >= 0.3 is 0 Å². The molecular weight excluding hydrogens is 356 g/mol. The Morgan fingerprint density at radius 1 is 1.19 bits per heavy atom. The molecule has 9 heteroatoms. The van der Waals surface area contributed by atoms with Crippen LogP contribution in [-0.4, -0.2) is 21.9 Å². The van der Waals surface area contributed by atoms with E-state index in [-0.39, 0.29) is 28.5 Å². The van der Waals surface area contributed by atoms with Gasteiger partial charge in [0.1, 0.15) is 17.3 Å². The smallest absolute Gasteiger partial charge is 0.284 e. The monoisotopic (exact) mass is 366 g/mol. The first-order valence-corrected chi connectivity index (χ1v) is 8.45. The molecule has 0 unspecified atom stereocenters. The zero-order valence-corrected chi connectivity index (χ0v) is 13.9. The molecule has 0 spiro atoms. The number of para-hydroxylation sites is 1. The summed E-state index contributed by atoms with van der Waals surface area (Å²) in [6, 6.07) is 12.5. The molecule has 0 radical (unpaired) electrons. The first-order chi connectivity index (χ1) is 12.7. The molecule has 0 saturated carbocycles. The summed E-state index contributed by atoms with van der Waals surface area (Å²) in [4.78, 5) is 12.2. The number of aromatic nitrogens is 2. The summed E-state index contributed by atoms with van der Waals surface area (Å²) in [5.74, 6) is 0.463. The van der Waals surface area contributed by atoms with E-state index in [4.69, 9.17) is 13.3 Å². The SMILES string of the molecule is N#Cc1oc2ccccc2c1NC(=O)CSc1nnc(-c2ccco2)o1. The van der Waals surface area contributed by atoms with Crippen molar-refractivity contribution in [2.45, 2.75) is 5.22 Å². The summed E-state index contributed by atoms with van der Waals surface area (Å²) in [5.41, 5.74) is 0.891. The minimum absolute atomic E-state index is 0.0319. The molecule has 0 aliphatic carbocycles. The minimum atomic E-state index is -0.323. The fraction of sp³-hybridized carbons (Fsp3) is 0.0588. The quantitative estimate of drug-likeness (QED) is 0.531. The van der Waals surface area contributed by atoms with E-state index in [0.29, 0.717) is 22.4 Å². The van der Waals surface area contributed by atoms with Crippen molar-refractivity contribution < 1.29 is 18.0 Å². The Morgan fingerprint density at radius 2 is 2.08 bits per heavy atom. The maximum atomic E-state index is 12.2. The molecule has 4 aromatic rings. The van der Waals surface area contributed by atoms with Crippen LogP contribution >= 0.6 is 11.8 Å². The second kappa shape index (κ2) is 6.78. The topological polar surface area (TPSA) is 118 Å². The highest BCUT2D eigenvalue weighted by Gasteiger charge is 2.17. The van der Waals surface area contributed by atoms with Crippen LogP contribution in [0.4, 0.5) is 5.69 Å². The first-order valence-electron chi connectivity index (χ1n) is 7.46. The summed E-state index contributed by atoms with van der Waals surface area (Å²) in [7, 11) is 0. The van der Waals surface area contributed by atoms with Crippen molar-refractivity contribution in [3.05, 3.63) is 48.4 Å². The van der Waals surface area contributed by atoms with Crippen molar-refractivity contribution in [2.75, 3.05) is 11.1 Å². The van der Waals surface area contributed by atoms with Crippen LogP contribution in [0.15, 0.2) is 61.1 Å². The highest BCUT2D eigenvalue weighted by molar-refractivity contribution is 7.99. The molecule has 3 aromatic heterocycles. The van der Waals surface area contributed by atoms with E-state index >= 15 is 0 Å². The van der Waals surface area contributed by atoms with Gasteiger partial charge in [-0.25, -0.2) is 0 Å². The van der Waals surface area contributed by atoms with E-state index in [2.05, 4.69) is 15.5 Å². The summed E-state index contributed by atoms with van der Waals surface area (Å²) >= 11 is 1.08. The predicted octanol–water partition coefficient (Wildman–Crippen LogP) is 3.68. The Balaban J connectivity index is 1.44. The van der Waals surface area contributed by atoms with Crippen molar-refractivity contribution in [2.24, 2.45) is 0 Å². The Labute approximate surface area is 150 Å². The molecule has 8 nitrogen and oxygen atoms in total. The number of nitrogens with one attached hydrogen (secondary N) is 1. The zero-order chi connectivity index (χ0) is 17.9. The third-order valence-electron chi connectivity index (χ3n) is 3.43. The third-order valence-corrected chi connectivity index (χ3v) is 4.25. The van der Waals surface area contributed by atoms with Gasteiger partial charge in [0.05, 0.1) is 12.0 Å². The molecule has 0 fully saturated rings. The Morgan fingerprint density at radius 3 is 2.88 bits per heavy atom. The van der Waals surface area contributed by atoms with Crippen LogP contribution < -0.4 is 5.32 Å². The molecule has 1 amide bonds. The average molecular weight is 366 g/mol. The molecule has 4 rings (SSSR count). The molecule has 0 atom stereocenters.